The van der Waals surface area contributed by atoms with Crippen molar-refractivity contribution in [2.24, 2.45) is 0 Å². The zero-order chi connectivity index (χ0) is 12.3. The molecule has 0 bridgehead atoms. The third-order valence-electron chi connectivity index (χ3n) is 2.14. The molecule has 0 aliphatic carbocycles. The third-order valence-corrected chi connectivity index (χ3v) is 5.69. The van der Waals surface area contributed by atoms with E-state index in [1.54, 1.807) is 6.20 Å². The average Bonchev–Trinajstić information content (AvgIpc) is 2.40. The van der Waals surface area contributed by atoms with Crippen LogP contribution in [0.4, 0.5) is 0 Å². The molecular weight excluding hydrogens is 329 g/mol. The molecule has 16 heavy (non-hydrogen) atoms. The molecule has 0 spiro atoms. The molecule has 0 aliphatic heterocycles. The van der Waals surface area contributed by atoms with Crippen molar-refractivity contribution in [2.45, 2.75) is 32.4 Å². The van der Waals surface area contributed by atoms with Gasteiger partial charge < -0.3 is 9.30 Å². The Morgan fingerprint density at radius 1 is 1.38 bits per heavy atom. The Kier molecular flexibility index (Phi) is 5.39. The van der Waals surface area contributed by atoms with E-state index in [1.807, 2.05) is 4.57 Å². The highest BCUT2D eigenvalue weighted by Crippen LogP contribution is 2.31. The smallest absolute Gasteiger partial charge is 0.123 e. The number of halogens is 3. The molecular formula is C10H16BrCl2NOSi. The second-order valence-electron chi connectivity index (χ2n) is 4.90. The fourth-order valence-corrected chi connectivity index (χ4v) is 2.76. The number of ether oxygens (including phenoxy) is 1. The topological polar surface area (TPSA) is 14.2 Å². The van der Waals surface area contributed by atoms with Gasteiger partial charge in [-0.25, -0.2) is 0 Å². The average molecular weight is 345 g/mol. The molecule has 0 radical (unpaired) electrons. The molecule has 1 aromatic heterocycles. The van der Waals surface area contributed by atoms with Crippen molar-refractivity contribution in [3.63, 3.8) is 0 Å². The van der Waals surface area contributed by atoms with E-state index < -0.39 is 8.07 Å². The number of aromatic nitrogens is 1. The number of hydrogen-bond donors (Lipinski definition) is 0. The van der Waals surface area contributed by atoms with Crippen molar-refractivity contribution in [1.82, 2.24) is 4.57 Å². The van der Waals surface area contributed by atoms with E-state index in [1.165, 1.54) is 0 Å². The van der Waals surface area contributed by atoms with Gasteiger partial charge in [0.1, 0.15) is 11.3 Å². The molecule has 0 aliphatic rings. The van der Waals surface area contributed by atoms with E-state index in [0.717, 1.165) is 17.3 Å². The zero-order valence-corrected chi connectivity index (χ0v) is 13.8. The first-order chi connectivity index (χ1) is 7.31. The Bertz CT molecular complexity index is 362. The molecule has 0 fully saturated rings. The highest BCUT2D eigenvalue weighted by Gasteiger charge is 2.13. The Hall–Kier alpha value is 0.517. The van der Waals surface area contributed by atoms with Crippen LogP contribution in [0.5, 0.6) is 0 Å². The molecule has 92 valence electrons. The lowest BCUT2D eigenvalue weighted by molar-refractivity contribution is 0.0861. The Balaban J connectivity index is 2.41. The van der Waals surface area contributed by atoms with Crippen LogP contribution in [0, 0.1) is 0 Å². The maximum atomic E-state index is 5.94. The summed E-state index contributed by atoms with van der Waals surface area (Å²) in [6.07, 6.45) is 1.77. The summed E-state index contributed by atoms with van der Waals surface area (Å²) in [7, 11) is -1.01. The summed E-state index contributed by atoms with van der Waals surface area (Å²) < 4.78 is 8.22. The van der Waals surface area contributed by atoms with Crippen molar-refractivity contribution in [1.29, 1.82) is 0 Å². The van der Waals surface area contributed by atoms with E-state index in [2.05, 4.69) is 35.6 Å². The second kappa shape index (κ2) is 5.91. The molecule has 2 nitrogen and oxygen atoms in total. The molecule has 0 unspecified atom stereocenters. The summed E-state index contributed by atoms with van der Waals surface area (Å²) in [6, 6.07) is 1.16. The largest absolute Gasteiger partial charge is 0.361 e. The fourth-order valence-electron chi connectivity index (χ4n) is 1.11. The van der Waals surface area contributed by atoms with Crippen molar-refractivity contribution < 1.29 is 4.74 Å². The van der Waals surface area contributed by atoms with Crippen molar-refractivity contribution >= 4 is 47.2 Å². The standard InChI is InChI=1S/C10H16BrCl2NOSi/c1-16(2,3)5-4-15-7-14-6-8(12)9(13)10(14)11/h6H,4-5,7H2,1-3H3. The van der Waals surface area contributed by atoms with Crippen LogP contribution in [-0.2, 0) is 11.5 Å². The van der Waals surface area contributed by atoms with Gasteiger partial charge >= 0.3 is 0 Å². The van der Waals surface area contributed by atoms with Gasteiger partial charge in [-0.3, -0.25) is 0 Å². The van der Waals surface area contributed by atoms with Gasteiger partial charge in [-0.15, -0.1) is 0 Å². The first kappa shape index (κ1) is 14.6. The van der Waals surface area contributed by atoms with Crippen LogP contribution in [-0.4, -0.2) is 19.2 Å². The molecule has 0 aromatic carbocycles. The highest BCUT2D eigenvalue weighted by molar-refractivity contribution is 9.10. The lowest BCUT2D eigenvalue weighted by Crippen LogP contribution is -2.22. The highest BCUT2D eigenvalue weighted by atomic mass is 79.9. The minimum Gasteiger partial charge on any atom is -0.361 e. The van der Waals surface area contributed by atoms with Crippen LogP contribution in [0.25, 0.3) is 0 Å². The van der Waals surface area contributed by atoms with Crippen LogP contribution in [0.1, 0.15) is 0 Å². The minimum atomic E-state index is -1.01. The fraction of sp³-hybridized carbons (Fsp3) is 0.600. The van der Waals surface area contributed by atoms with E-state index in [9.17, 15) is 0 Å². The molecule has 0 N–H and O–H groups in total. The summed E-state index contributed by atoms with van der Waals surface area (Å²) in [5.41, 5.74) is 0. The quantitative estimate of drug-likeness (QED) is 0.549. The molecule has 0 saturated carbocycles. The SMILES string of the molecule is C[Si](C)(C)CCOCn1cc(Cl)c(Cl)c1Br. The van der Waals surface area contributed by atoms with Crippen molar-refractivity contribution in [3.8, 4) is 0 Å². The van der Waals surface area contributed by atoms with E-state index in [-0.39, 0.29) is 0 Å². The summed E-state index contributed by atoms with van der Waals surface area (Å²) in [4.78, 5) is 0. The second-order valence-corrected chi connectivity index (χ2v) is 12.1. The molecule has 0 saturated heterocycles. The van der Waals surface area contributed by atoms with Crippen LogP contribution < -0.4 is 0 Å². The van der Waals surface area contributed by atoms with Gasteiger partial charge in [0.15, 0.2) is 0 Å². The predicted molar refractivity (Wildman–Crippen MR) is 76.3 cm³/mol. The Morgan fingerprint density at radius 3 is 2.44 bits per heavy atom. The van der Waals surface area contributed by atoms with Gasteiger partial charge in [0.25, 0.3) is 0 Å². The normalized spacial score (nSPS) is 12.1. The maximum Gasteiger partial charge on any atom is 0.123 e. The summed E-state index contributed by atoms with van der Waals surface area (Å²) >= 11 is 15.2. The van der Waals surface area contributed by atoms with Gasteiger partial charge in [0.05, 0.1) is 10.0 Å². The van der Waals surface area contributed by atoms with Crippen molar-refractivity contribution in [2.75, 3.05) is 6.61 Å². The summed E-state index contributed by atoms with van der Waals surface area (Å²) in [5.74, 6) is 0. The summed E-state index contributed by atoms with van der Waals surface area (Å²) in [6.45, 7) is 8.26. The van der Waals surface area contributed by atoms with Crippen LogP contribution in [0.2, 0.25) is 35.7 Å². The van der Waals surface area contributed by atoms with E-state index in [0.29, 0.717) is 16.8 Å². The zero-order valence-electron chi connectivity index (χ0n) is 9.69. The number of nitrogens with zero attached hydrogens (tertiary/aromatic N) is 1. The van der Waals surface area contributed by atoms with Crippen molar-refractivity contribution in [3.05, 3.63) is 20.8 Å². The Labute approximate surface area is 116 Å². The monoisotopic (exact) mass is 343 g/mol. The molecule has 1 heterocycles. The molecule has 0 amide bonds. The molecule has 1 aromatic rings. The van der Waals surface area contributed by atoms with Crippen LogP contribution in [0.3, 0.4) is 0 Å². The van der Waals surface area contributed by atoms with E-state index in [4.69, 9.17) is 27.9 Å². The molecule has 0 atom stereocenters. The maximum absolute atomic E-state index is 5.94. The van der Waals surface area contributed by atoms with Gasteiger partial charge in [-0.05, 0) is 22.0 Å². The third kappa shape index (κ3) is 4.41. The molecule has 1 rings (SSSR count). The van der Waals surface area contributed by atoms with Gasteiger partial charge in [0.2, 0.25) is 0 Å². The van der Waals surface area contributed by atoms with Crippen LogP contribution in [0.15, 0.2) is 10.8 Å². The molecule has 6 heteroatoms. The summed E-state index contributed by atoms with van der Waals surface area (Å²) in [5, 5.41) is 1.08. The Morgan fingerprint density at radius 2 is 2.00 bits per heavy atom. The van der Waals surface area contributed by atoms with Gasteiger partial charge in [-0.2, -0.15) is 0 Å². The lowest BCUT2D eigenvalue weighted by atomic mass is 10.7. The predicted octanol–water partition coefficient (Wildman–Crippen LogP) is 4.87. The number of rotatable bonds is 5. The minimum absolute atomic E-state index is 0.484. The van der Waals surface area contributed by atoms with E-state index >= 15 is 0 Å². The first-order valence-corrected chi connectivity index (χ1v) is 10.3. The van der Waals surface area contributed by atoms with Crippen LogP contribution >= 0.6 is 39.1 Å². The first-order valence-electron chi connectivity index (χ1n) is 5.08. The number of hydrogen-bond acceptors (Lipinski definition) is 1. The van der Waals surface area contributed by atoms with Gasteiger partial charge in [-0.1, -0.05) is 42.8 Å². The van der Waals surface area contributed by atoms with Gasteiger partial charge in [0, 0.05) is 20.9 Å². The lowest BCUT2D eigenvalue weighted by Gasteiger charge is -2.15.